The molecule has 0 saturated carbocycles. The monoisotopic (exact) mass is 507 g/mol. The van der Waals surface area contributed by atoms with Crippen molar-refractivity contribution in [1.29, 1.82) is 0 Å². The molecule has 1 saturated heterocycles. The number of nitrogens with one attached hydrogen (secondary N) is 2. The summed E-state index contributed by atoms with van der Waals surface area (Å²) in [4.78, 5) is 37.7. The number of amides is 3. The van der Waals surface area contributed by atoms with Gasteiger partial charge in [0.15, 0.2) is 0 Å². The maximum absolute atomic E-state index is 12.8. The van der Waals surface area contributed by atoms with Crippen LogP contribution in [0, 0.1) is 12.8 Å². The highest BCUT2D eigenvalue weighted by molar-refractivity contribution is 5.84. The van der Waals surface area contributed by atoms with Crippen LogP contribution in [0.25, 0.3) is 0 Å². The fourth-order valence-electron chi connectivity index (χ4n) is 4.78. The molecule has 2 N–H and O–H groups in total. The van der Waals surface area contributed by atoms with Gasteiger partial charge in [0.1, 0.15) is 5.75 Å². The Kier molecular flexibility index (Phi) is 11.5. The van der Waals surface area contributed by atoms with Crippen molar-refractivity contribution in [3.63, 3.8) is 0 Å². The minimum Gasteiger partial charge on any atom is -0.494 e. The molecule has 0 aliphatic carbocycles. The zero-order chi connectivity index (χ0) is 26.5. The molecule has 1 aliphatic rings. The Balaban J connectivity index is 1.34. The summed E-state index contributed by atoms with van der Waals surface area (Å²) in [6.07, 6.45) is 5.90. The maximum atomic E-state index is 12.8. The number of ether oxygens (including phenoxy) is 1. The molecule has 7 nitrogen and oxygen atoms in total. The Hall–Kier alpha value is -3.35. The van der Waals surface area contributed by atoms with E-state index in [4.69, 9.17) is 4.74 Å². The fraction of sp³-hybridized carbons (Fsp3) is 0.500. The smallest absolute Gasteiger partial charge is 0.223 e. The molecule has 0 aromatic heterocycles. The molecule has 0 spiro atoms. The highest BCUT2D eigenvalue weighted by atomic mass is 16.5. The Morgan fingerprint density at radius 2 is 1.97 bits per heavy atom. The van der Waals surface area contributed by atoms with E-state index in [0.717, 1.165) is 62.1 Å². The van der Waals surface area contributed by atoms with Gasteiger partial charge in [-0.2, -0.15) is 0 Å². The van der Waals surface area contributed by atoms with E-state index >= 15 is 0 Å². The Labute approximate surface area is 221 Å². The van der Waals surface area contributed by atoms with E-state index in [1.54, 1.807) is 0 Å². The van der Waals surface area contributed by atoms with Gasteiger partial charge < -0.3 is 20.3 Å². The summed E-state index contributed by atoms with van der Waals surface area (Å²) in [7, 11) is 0. The number of hydrogen-bond acceptors (Lipinski definition) is 4. The van der Waals surface area contributed by atoms with Crippen molar-refractivity contribution in [2.45, 2.75) is 71.4 Å². The number of likely N-dealkylation sites (tertiary alicyclic amines) is 1. The average molecular weight is 508 g/mol. The van der Waals surface area contributed by atoms with Gasteiger partial charge in [-0.25, -0.2) is 0 Å². The van der Waals surface area contributed by atoms with Gasteiger partial charge in [-0.15, -0.1) is 0 Å². The molecular weight excluding hydrogens is 466 g/mol. The molecule has 2 aromatic rings. The van der Waals surface area contributed by atoms with Gasteiger partial charge in [0.2, 0.25) is 18.2 Å². The van der Waals surface area contributed by atoms with E-state index < -0.39 is 0 Å². The minimum absolute atomic E-state index is 0.0586. The molecule has 2 atom stereocenters. The van der Waals surface area contributed by atoms with Gasteiger partial charge in [-0.3, -0.25) is 14.4 Å². The molecule has 1 fully saturated rings. The van der Waals surface area contributed by atoms with Crippen molar-refractivity contribution in [3.05, 3.63) is 65.2 Å². The van der Waals surface area contributed by atoms with Gasteiger partial charge in [0.25, 0.3) is 0 Å². The van der Waals surface area contributed by atoms with Crippen LogP contribution >= 0.6 is 0 Å². The number of benzene rings is 2. The van der Waals surface area contributed by atoms with Crippen molar-refractivity contribution < 1.29 is 19.1 Å². The summed E-state index contributed by atoms with van der Waals surface area (Å²) < 4.78 is 5.97. The van der Waals surface area contributed by atoms with Crippen molar-refractivity contribution in [2.24, 2.45) is 5.92 Å². The van der Waals surface area contributed by atoms with Crippen LogP contribution in [0.15, 0.2) is 48.5 Å². The molecule has 37 heavy (non-hydrogen) atoms. The molecule has 7 heteroatoms. The summed E-state index contributed by atoms with van der Waals surface area (Å²) in [6.45, 7) is 6.57. The second-order valence-corrected chi connectivity index (χ2v) is 10.1. The number of piperidine rings is 1. The summed E-state index contributed by atoms with van der Waals surface area (Å²) in [5.41, 5.74) is 3.41. The van der Waals surface area contributed by atoms with Crippen LogP contribution in [0.2, 0.25) is 0 Å². The van der Waals surface area contributed by atoms with Crippen LogP contribution < -0.4 is 15.4 Å². The standard InChI is InChI=1S/C30H41N3O4/c1-23-10-13-28(19-27(23)20-31-22-34)37-18-16-26-9-6-17-33(21-26)30(36)15-14-29(35)32-24(2)11-12-25-7-4-3-5-8-25/h3-5,7-8,10,13,19,22,24,26H,6,9,11-12,14-18,20-21H2,1-2H3,(H,31,34)(H,32,35). The third kappa shape index (κ3) is 9.90. The maximum Gasteiger partial charge on any atom is 0.223 e. The first-order chi connectivity index (χ1) is 17.9. The molecule has 200 valence electrons. The third-order valence-corrected chi connectivity index (χ3v) is 7.05. The lowest BCUT2D eigenvalue weighted by Gasteiger charge is -2.33. The van der Waals surface area contributed by atoms with E-state index in [2.05, 4.69) is 22.8 Å². The van der Waals surface area contributed by atoms with Crippen LogP contribution in [-0.2, 0) is 27.3 Å². The van der Waals surface area contributed by atoms with Crippen molar-refractivity contribution in [2.75, 3.05) is 19.7 Å². The van der Waals surface area contributed by atoms with Gasteiger partial charge in [-0.05, 0) is 80.7 Å². The number of carbonyl (C=O) groups is 3. The lowest BCUT2D eigenvalue weighted by molar-refractivity contribution is -0.135. The molecule has 0 radical (unpaired) electrons. The summed E-state index contributed by atoms with van der Waals surface area (Å²) in [5, 5.41) is 5.73. The molecule has 3 amide bonds. The van der Waals surface area contributed by atoms with Crippen LogP contribution in [-0.4, -0.2) is 48.9 Å². The number of carbonyl (C=O) groups excluding carboxylic acids is 3. The summed E-state index contributed by atoms with van der Waals surface area (Å²) in [5.74, 6) is 1.19. The quantitative estimate of drug-likeness (QED) is 0.376. The molecule has 0 bridgehead atoms. The highest BCUT2D eigenvalue weighted by Gasteiger charge is 2.24. The first-order valence-corrected chi connectivity index (χ1v) is 13.4. The SMILES string of the molecule is Cc1ccc(OCCC2CCCN(C(=O)CCC(=O)NC(C)CCc3ccccc3)C2)cc1CNC=O. The number of nitrogens with zero attached hydrogens (tertiary/aromatic N) is 1. The van der Waals surface area contributed by atoms with E-state index in [9.17, 15) is 14.4 Å². The van der Waals surface area contributed by atoms with Crippen molar-refractivity contribution >= 4 is 18.2 Å². The molecular formula is C30H41N3O4. The largest absolute Gasteiger partial charge is 0.494 e. The molecule has 2 aromatic carbocycles. The van der Waals surface area contributed by atoms with Gasteiger partial charge in [0.05, 0.1) is 6.61 Å². The number of hydrogen-bond donors (Lipinski definition) is 2. The predicted octanol–water partition coefficient (Wildman–Crippen LogP) is 4.17. The molecule has 2 unspecified atom stereocenters. The highest BCUT2D eigenvalue weighted by Crippen LogP contribution is 2.22. The zero-order valence-electron chi connectivity index (χ0n) is 22.2. The van der Waals surface area contributed by atoms with Crippen LogP contribution in [0.5, 0.6) is 5.75 Å². The predicted molar refractivity (Wildman–Crippen MR) is 145 cm³/mol. The fourth-order valence-corrected chi connectivity index (χ4v) is 4.78. The van der Waals surface area contributed by atoms with Gasteiger partial charge >= 0.3 is 0 Å². The van der Waals surface area contributed by atoms with Crippen LogP contribution in [0.4, 0.5) is 0 Å². The van der Waals surface area contributed by atoms with Crippen LogP contribution in [0.3, 0.4) is 0 Å². The Morgan fingerprint density at radius 3 is 2.76 bits per heavy atom. The van der Waals surface area contributed by atoms with Crippen LogP contribution in [0.1, 0.15) is 62.1 Å². The Morgan fingerprint density at radius 1 is 1.16 bits per heavy atom. The zero-order valence-corrected chi connectivity index (χ0v) is 22.2. The van der Waals surface area contributed by atoms with E-state index in [-0.39, 0.29) is 30.7 Å². The lowest BCUT2D eigenvalue weighted by Crippen LogP contribution is -2.41. The topological polar surface area (TPSA) is 87.7 Å². The second-order valence-electron chi connectivity index (χ2n) is 10.1. The summed E-state index contributed by atoms with van der Waals surface area (Å²) >= 11 is 0. The van der Waals surface area contributed by atoms with Gasteiger partial charge in [0, 0.05) is 38.5 Å². The van der Waals surface area contributed by atoms with E-state index in [0.29, 0.717) is 25.5 Å². The first kappa shape index (κ1) is 28.2. The Bertz CT molecular complexity index is 1010. The lowest BCUT2D eigenvalue weighted by atomic mass is 9.95. The minimum atomic E-state index is -0.0586. The van der Waals surface area contributed by atoms with Gasteiger partial charge in [-0.1, -0.05) is 36.4 Å². The van der Waals surface area contributed by atoms with Crippen molar-refractivity contribution in [3.8, 4) is 5.75 Å². The van der Waals surface area contributed by atoms with Crippen molar-refractivity contribution in [1.82, 2.24) is 15.5 Å². The number of rotatable bonds is 14. The molecule has 3 rings (SSSR count). The molecule has 1 heterocycles. The third-order valence-electron chi connectivity index (χ3n) is 7.05. The average Bonchev–Trinajstić information content (AvgIpc) is 2.91. The first-order valence-electron chi connectivity index (χ1n) is 13.4. The molecule has 1 aliphatic heterocycles. The van der Waals surface area contributed by atoms with E-state index in [1.165, 1.54) is 5.56 Å². The van der Waals surface area contributed by atoms with E-state index in [1.807, 2.05) is 55.1 Å². The second kappa shape index (κ2) is 15.0. The summed E-state index contributed by atoms with van der Waals surface area (Å²) in [6, 6.07) is 16.2. The normalized spacial score (nSPS) is 16.1. The number of aryl methyl sites for hydroxylation is 2.